The van der Waals surface area contributed by atoms with Gasteiger partial charge < -0.3 is 10.2 Å². The van der Waals surface area contributed by atoms with Crippen molar-refractivity contribution in [3.63, 3.8) is 0 Å². The smallest absolute Gasteiger partial charge is 0.247 e. The number of nitrogens with zero attached hydrogens (tertiary/aromatic N) is 1. The minimum absolute atomic E-state index is 0.0295. The SMILES string of the molecule is Cc1ccc(C2C(=O)NCCN2C(=O)C23CC4CC(CC(C4)C2)C3)cc1. The Bertz CT molecular complexity index is 704. The van der Waals surface area contributed by atoms with Crippen LogP contribution in [0.3, 0.4) is 0 Å². The van der Waals surface area contributed by atoms with Crippen LogP contribution in [0.5, 0.6) is 0 Å². The third-order valence-electron chi connectivity index (χ3n) is 7.36. The predicted molar refractivity (Wildman–Crippen MR) is 99.2 cm³/mol. The van der Waals surface area contributed by atoms with Crippen molar-refractivity contribution < 1.29 is 9.59 Å². The van der Waals surface area contributed by atoms with Crippen LogP contribution in [-0.4, -0.2) is 29.8 Å². The second kappa shape index (κ2) is 5.83. The molecule has 1 aromatic rings. The second-order valence-corrected chi connectivity index (χ2v) is 9.30. The minimum Gasteiger partial charge on any atom is -0.352 e. The second-order valence-electron chi connectivity index (χ2n) is 9.30. The number of benzene rings is 1. The molecule has 4 saturated carbocycles. The Balaban J connectivity index is 1.48. The van der Waals surface area contributed by atoms with Crippen molar-refractivity contribution in [3.05, 3.63) is 35.4 Å². The van der Waals surface area contributed by atoms with Gasteiger partial charge in [-0.1, -0.05) is 29.8 Å². The first-order valence-corrected chi connectivity index (χ1v) is 10.2. The molecule has 1 saturated heterocycles. The van der Waals surface area contributed by atoms with Gasteiger partial charge >= 0.3 is 0 Å². The lowest BCUT2D eigenvalue weighted by atomic mass is 9.49. The lowest BCUT2D eigenvalue weighted by Gasteiger charge is -2.57. The molecule has 6 rings (SSSR count). The molecule has 0 spiro atoms. The summed E-state index contributed by atoms with van der Waals surface area (Å²) in [5.74, 6) is 2.44. The minimum atomic E-state index is -0.468. The number of hydrogen-bond acceptors (Lipinski definition) is 2. The molecular weight excluding hydrogens is 324 g/mol. The van der Waals surface area contributed by atoms with Crippen LogP contribution in [0.15, 0.2) is 24.3 Å². The van der Waals surface area contributed by atoms with Crippen molar-refractivity contribution in [2.24, 2.45) is 23.2 Å². The molecule has 1 atom stereocenters. The topological polar surface area (TPSA) is 49.4 Å². The van der Waals surface area contributed by atoms with Crippen LogP contribution in [0.1, 0.15) is 55.7 Å². The van der Waals surface area contributed by atoms with Crippen LogP contribution in [0.2, 0.25) is 0 Å². The van der Waals surface area contributed by atoms with Gasteiger partial charge in [0.1, 0.15) is 6.04 Å². The van der Waals surface area contributed by atoms with E-state index in [1.807, 2.05) is 36.1 Å². The lowest BCUT2D eigenvalue weighted by Crippen LogP contribution is -2.59. The predicted octanol–water partition coefficient (Wildman–Crippen LogP) is 3.21. The molecule has 1 N–H and O–H groups in total. The summed E-state index contributed by atoms with van der Waals surface area (Å²) < 4.78 is 0. The van der Waals surface area contributed by atoms with Crippen molar-refractivity contribution in [1.82, 2.24) is 10.2 Å². The van der Waals surface area contributed by atoms with Gasteiger partial charge in [-0.05, 0) is 68.8 Å². The maximum Gasteiger partial charge on any atom is 0.247 e. The number of nitrogens with one attached hydrogen (secondary N) is 1. The van der Waals surface area contributed by atoms with Crippen LogP contribution in [-0.2, 0) is 9.59 Å². The molecule has 1 heterocycles. The van der Waals surface area contributed by atoms with Gasteiger partial charge in [0.25, 0.3) is 0 Å². The molecule has 5 aliphatic rings. The Kier molecular flexibility index (Phi) is 3.67. The summed E-state index contributed by atoms with van der Waals surface area (Å²) in [6, 6.07) is 7.61. The average molecular weight is 352 g/mol. The zero-order chi connectivity index (χ0) is 17.9. The number of amides is 2. The van der Waals surface area contributed by atoms with Crippen molar-refractivity contribution in [2.45, 2.75) is 51.5 Å². The van der Waals surface area contributed by atoms with E-state index in [1.165, 1.54) is 24.8 Å². The fraction of sp³-hybridized carbons (Fsp3) is 0.636. The number of rotatable bonds is 2. The first-order valence-electron chi connectivity index (χ1n) is 10.2. The van der Waals surface area contributed by atoms with E-state index in [4.69, 9.17) is 0 Å². The summed E-state index contributed by atoms with van der Waals surface area (Å²) in [6.45, 7) is 3.24. The Morgan fingerprint density at radius 3 is 2.19 bits per heavy atom. The zero-order valence-electron chi connectivity index (χ0n) is 15.5. The Morgan fingerprint density at radius 1 is 1.04 bits per heavy atom. The van der Waals surface area contributed by atoms with Crippen molar-refractivity contribution in [3.8, 4) is 0 Å². The van der Waals surface area contributed by atoms with Gasteiger partial charge in [-0.25, -0.2) is 0 Å². The van der Waals surface area contributed by atoms with Crippen molar-refractivity contribution >= 4 is 11.8 Å². The number of carbonyl (C=O) groups is 2. The van der Waals surface area contributed by atoms with E-state index in [0.29, 0.717) is 13.1 Å². The maximum absolute atomic E-state index is 13.8. The molecule has 4 heteroatoms. The normalized spacial score (nSPS) is 38.3. The van der Waals surface area contributed by atoms with E-state index >= 15 is 0 Å². The number of carbonyl (C=O) groups excluding carboxylic acids is 2. The molecular formula is C22H28N2O2. The molecule has 1 aromatic carbocycles. The van der Waals surface area contributed by atoms with E-state index in [2.05, 4.69) is 5.32 Å². The third kappa shape index (κ3) is 2.49. The first-order chi connectivity index (χ1) is 12.5. The molecule has 0 aromatic heterocycles. The van der Waals surface area contributed by atoms with Gasteiger partial charge in [0.15, 0.2) is 0 Å². The number of hydrogen-bond donors (Lipinski definition) is 1. The molecule has 4 bridgehead atoms. The van der Waals surface area contributed by atoms with Crippen LogP contribution in [0.25, 0.3) is 0 Å². The highest BCUT2D eigenvalue weighted by Crippen LogP contribution is 2.60. The summed E-state index contributed by atoms with van der Waals surface area (Å²) >= 11 is 0. The van der Waals surface area contributed by atoms with Crippen molar-refractivity contribution in [1.29, 1.82) is 0 Å². The van der Waals surface area contributed by atoms with Crippen LogP contribution < -0.4 is 5.32 Å². The number of aryl methyl sites for hydroxylation is 1. The Hall–Kier alpha value is -1.84. The summed E-state index contributed by atoms with van der Waals surface area (Å²) in [7, 11) is 0. The molecule has 4 aliphatic carbocycles. The largest absolute Gasteiger partial charge is 0.352 e. The summed E-state index contributed by atoms with van der Waals surface area (Å²) in [6.07, 6.45) is 7.14. The van der Waals surface area contributed by atoms with Crippen LogP contribution >= 0.6 is 0 Å². The average Bonchev–Trinajstić information content (AvgIpc) is 2.61. The highest BCUT2D eigenvalue weighted by atomic mass is 16.2. The molecule has 2 amide bonds. The van der Waals surface area contributed by atoms with E-state index in [1.54, 1.807) is 0 Å². The van der Waals surface area contributed by atoms with Crippen molar-refractivity contribution in [2.75, 3.05) is 13.1 Å². The zero-order valence-corrected chi connectivity index (χ0v) is 15.5. The molecule has 0 radical (unpaired) electrons. The summed E-state index contributed by atoms with van der Waals surface area (Å²) in [4.78, 5) is 28.4. The van der Waals surface area contributed by atoms with Gasteiger partial charge in [-0.2, -0.15) is 0 Å². The molecule has 138 valence electrons. The summed E-state index contributed by atoms with van der Waals surface area (Å²) in [5.41, 5.74) is 1.92. The molecule has 4 nitrogen and oxygen atoms in total. The third-order valence-corrected chi connectivity index (χ3v) is 7.36. The highest BCUT2D eigenvalue weighted by molar-refractivity contribution is 5.92. The maximum atomic E-state index is 13.8. The van der Waals surface area contributed by atoms with Gasteiger partial charge in [0.2, 0.25) is 11.8 Å². The quantitative estimate of drug-likeness (QED) is 0.888. The van der Waals surface area contributed by atoms with Gasteiger partial charge in [-0.15, -0.1) is 0 Å². The van der Waals surface area contributed by atoms with E-state index in [0.717, 1.165) is 42.6 Å². The fourth-order valence-corrected chi connectivity index (χ4v) is 6.64. The van der Waals surface area contributed by atoms with E-state index < -0.39 is 6.04 Å². The van der Waals surface area contributed by atoms with Gasteiger partial charge in [0, 0.05) is 13.1 Å². The summed E-state index contributed by atoms with van der Waals surface area (Å²) in [5, 5.41) is 2.97. The van der Waals surface area contributed by atoms with E-state index in [-0.39, 0.29) is 17.2 Å². The molecule has 5 fully saturated rings. The molecule has 1 aliphatic heterocycles. The lowest BCUT2D eigenvalue weighted by molar-refractivity contribution is -0.164. The molecule has 1 unspecified atom stereocenters. The molecule has 26 heavy (non-hydrogen) atoms. The Labute approximate surface area is 155 Å². The van der Waals surface area contributed by atoms with Gasteiger partial charge in [0.05, 0.1) is 5.41 Å². The van der Waals surface area contributed by atoms with Gasteiger partial charge in [-0.3, -0.25) is 9.59 Å². The standard InChI is InChI=1S/C22H28N2O2/c1-14-2-4-18(5-3-14)19-20(25)23-6-7-24(19)21(26)22-11-15-8-16(12-22)10-17(9-15)13-22/h2-5,15-17,19H,6-13H2,1H3,(H,23,25). The van der Waals surface area contributed by atoms with Crippen LogP contribution in [0, 0.1) is 30.1 Å². The first kappa shape index (κ1) is 16.3. The monoisotopic (exact) mass is 352 g/mol. The Morgan fingerprint density at radius 2 is 1.62 bits per heavy atom. The highest BCUT2D eigenvalue weighted by Gasteiger charge is 2.56. The van der Waals surface area contributed by atoms with E-state index in [9.17, 15) is 9.59 Å². The fourth-order valence-electron chi connectivity index (χ4n) is 6.64. The number of piperazine rings is 1. The van der Waals surface area contributed by atoms with Crippen LogP contribution in [0.4, 0.5) is 0 Å².